The molecule has 180 valence electrons. The van der Waals surface area contributed by atoms with E-state index in [4.69, 9.17) is 4.74 Å². The summed E-state index contributed by atoms with van der Waals surface area (Å²) < 4.78 is 5.19. The number of rotatable bonds is 4. The van der Waals surface area contributed by atoms with Crippen LogP contribution in [0.2, 0.25) is 0 Å². The van der Waals surface area contributed by atoms with Gasteiger partial charge in [0.25, 0.3) is 17.7 Å². The van der Waals surface area contributed by atoms with Crippen LogP contribution in [0.1, 0.15) is 42.2 Å². The van der Waals surface area contributed by atoms with Crippen molar-refractivity contribution in [2.45, 2.75) is 13.8 Å². The Balaban J connectivity index is 1.33. The summed E-state index contributed by atoms with van der Waals surface area (Å²) >= 11 is 0. The number of carbonyl (C=O) groups is 5. The van der Waals surface area contributed by atoms with Gasteiger partial charge in [-0.05, 0) is 61.4 Å². The third-order valence-electron chi connectivity index (χ3n) is 6.13. The molecule has 3 aromatic rings. The van der Waals surface area contributed by atoms with Crippen LogP contribution in [0.5, 0.6) is 0 Å². The van der Waals surface area contributed by atoms with Gasteiger partial charge in [0.05, 0.1) is 33.8 Å². The number of nitrogens with zero attached hydrogens (tertiary/aromatic N) is 2. The molecule has 0 aromatic heterocycles. The zero-order valence-corrected chi connectivity index (χ0v) is 19.5. The molecule has 0 radical (unpaired) electrons. The van der Waals surface area contributed by atoms with Gasteiger partial charge in [-0.1, -0.05) is 24.3 Å². The summed E-state index contributed by atoms with van der Waals surface area (Å²) in [5.74, 6) is -2.76. The zero-order valence-electron chi connectivity index (χ0n) is 19.5. The first-order chi connectivity index (χ1) is 17.2. The van der Waals surface area contributed by atoms with Crippen LogP contribution in [-0.2, 0) is 14.3 Å². The molecule has 2 aliphatic rings. The zero-order chi connectivity index (χ0) is 25.6. The fraction of sp³-hybridized carbons (Fsp3) is 0.148. The molecule has 3 aromatic carbocycles. The normalized spacial score (nSPS) is 14.3. The van der Waals surface area contributed by atoms with Gasteiger partial charge in [0.1, 0.15) is 6.54 Å². The van der Waals surface area contributed by atoms with E-state index in [9.17, 15) is 24.0 Å². The summed E-state index contributed by atoms with van der Waals surface area (Å²) in [7, 11) is 0. The Morgan fingerprint density at radius 2 is 1.64 bits per heavy atom. The smallest absolute Gasteiger partial charge is 0.338 e. The van der Waals surface area contributed by atoms with Gasteiger partial charge >= 0.3 is 5.97 Å². The van der Waals surface area contributed by atoms with Gasteiger partial charge in [-0.3, -0.25) is 24.1 Å². The quantitative estimate of drug-likeness (QED) is 0.450. The summed E-state index contributed by atoms with van der Waals surface area (Å²) in [6, 6.07) is 16.4. The predicted octanol–water partition coefficient (Wildman–Crippen LogP) is 3.25. The second-order valence-corrected chi connectivity index (χ2v) is 8.62. The van der Waals surface area contributed by atoms with Gasteiger partial charge in [-0.25, -0.2) is 9.69 Å². The van der Waals surface area contributed by atoms with E-state index in [0.29, 0.717) is 17.1 Å². The van der Waals surface area contributed by atoms with Gasteiger partial charge in [0, 0.05) is 0 Å². The van der Waals surface area contributed by atoms with Crippen LogP contribution in [-0.4, -0.2) is 42.7 Å². The molecule has 1 N–H and O–H groups in total. The Kier molecular flexibility index (Phi) is 5.60. The first-order valence-electron chi connectivity index (χ1n) is 11.2. The first-order valence-corrected chi connectivity index (χ1v) is 11.2. The number of aryl methyl sites for hydroxylation is 2. The molecule has 4 amide bonds. The second kappa shape index (κ2) is 8.77. The van der Waals surface area contributed by atoms with Crippen molar-refractivity contribution in [3.05, 3.63) is 88.5 Å². The summed E-state index contributed by atoms with van der Waals surface area (Å²) in [6.07, 6.45) is 0. The molecule has 9 heteroatoms. The van der Waals surface area contributed by atoms with Gasteiger partial charge in [0.2, 0.25) is 5.91 Å². The average Bonchev–Trinajstić information content (AvgIpc) is 3.12. The molecule has 0 fully saturated rings. The van der Waals surface area contributed by atoms with Gasteiger partial charge in [0.15, 0.2) is 6.61 Å². The molecule has 36 heavy (non-hydrogen) atoms. The van der Waals surface area contributed by atoms with E-state index >= 15 is 0 Å². The highest BCUT2D eigenvalue weighted by Gasteiger charge is 2.38. The summed E-state index contributed by atoms with van der Waals surface area (Å²) in [5, 5.41) is 2.68. The van der Waals surface area contributed by atoms with Crippen molar-refractivity contribution >= 4 is 46.7 Å². The van der Waals surface area contributed by atoms with Gasteiger partial charge < -0.3 is 10.1 Å². The number of esters is 1. The summed E-state index contributed by atoms with van der Waals surface area (Å²) in [5.41, 5.74) is 3.45. The monoisotopic (exact) mass is 483 g/mol. The highest BCUT2D eigenvalue weighted by molar-refractivity contribution is 6.35. The van der Waals surface area contributed by atoms with Crippen molar-refractivity contribution in [1.29, 1.82) is 0 Å². The highest BCUT2D eigenvalue weighted by atomic mass is 16.5. The van der Waals surface area contributed by atoms with Crippen LogP contribution in [0.15, 0.2) is 60.7 Å². The summed E-state index contributed by atoms with van der Waals surface area (Å²) in [4.78, 5) is 65.8. The number of nitrogens with one attached hydrogen (secondary N) is 1. The van der Waals surface area contributed by atoms with Crippen LogP contribution in [0.25, 0.3) is 0 Å². The topological polar surface area (TPSA) is 113 Å². The summed E-state index contributed by atoms with van der Waals surface area (Å²) in [6.45, 7) is 2.88. The minimum Gasteiger partial charge on any atom is -0.452 e. The van der Waals surface area contributed by atoms with Crippen molar-refractivity contribution in [2.75, 3.05) is 28.3 Å². The van der Waals surface area contributed by atoms with Crippen molar-refractivity contribution < 1.29 is 28.7 Å². The van der Waals surface area contributed by atoms with E-state index in [0.717, 1.165) is 16.0 Å². The number of para-hydroxylation sites is 2. The molecule has 9 nitrogen and oxygen atoms in total. The maximum atomic E-state index is 13.1. The van der Waals surface area contributed by atoms with E-state index in [1.807, 2.05) is 26.0 Å². The minimum atomic E-state index is -0.827. The standard InChI is InChI=1S/C27H21N3O6/c1-15-7-8-16(2)22(11-15)30-25(33)18-10-9-17(12-19(18)26(30)34)27(35)36-14-24(32)29-13-23(31)28-20-5-3-4-6-21(20)29/h3-12H,13-14H2,1-2H3,(H,28,31). The van der Waals surface area contributed by atoms with Crippen LogP contribution in [0.3, 0.4) is 0 Å². The molecule has 2 aliphatic heterocycles. The van der Waals surface area contributed by atoms with Crippen molar-refractivity contribution in [3.8, 4) is 0 Å². The molecule has 0 spiro atoms. The van der Waals surface area contributed by atoms with Crippen molar-refractivity contribution in [2.24, 2.45) is 0 Å². The number of amides is 4. The third-order valence-corrected chi connectivity index (χ3v) is 6.13. The molecular weight excluding hydrogens is 462 g/mol. The lowest BCUT2D eigenvalue weighted by atomic mass is 10.1. The van der Waals surface area contributed by atoms with Crippen LogP contribution in [0, 0.1) is 13.8 Å². The van der Waals surface area contributed by atoms with Gasteiger partial charge in [-0.15, -0.1) is 0 Å². The number of hydrogen-bond acceptors (Lipinski definition) is 6. The van der Waals surface area contributed by atoms with Crippen molar-refractivity contribution in [3.63, 3.8) is 0 Å². The SMILES string of the molecule is Cc1ccc(C)c(N2C(=O)c3ccc(C(=O)OCC(=O)N4CC(=O)Nc5ccccc54)cc3C2=O)c1. The van der Waals surface area contributed by atoms with Crippen LogP contribution >= 0.6 is 0 Å². The fourth-order valence-corrected chi connectivity index (χ4v) is 4.29. The van der Waals surface area contributed by atoms with Crippen LogP contribution < -0.4 is 15.1 Å². The van der Waals surface area contributed by atoms with Crippen molar-refractivity contribution in [1.82, 2.24) is 0 Å². The number of ether oxygens (including phenoxy) is 1. The second-order valence-electron chi connectivity index (χ2n) is 8.62. The fourth-order valence-electron chi connectivity index (χ4n) is 4.29. The Hall–Kier alpha value is -4.79. The molecule has 0 atom stereocenters. The Bertz CT molecular complexity index is 1480. The third kappa shape index (κ3) is 3.90. The molecule has 0 bridgehead atoms. The molecule has 5 rings (SSSR count). The van der Waals surface area contributed by atoms with E-state index in [1.165, 1.54) is 23.1 Å². The number of carbonyl (C=O) groups excluding carboxylic acids is 5. The van der Waals surface area contributed by atoms with E-state index in [1.54, 1.807) is 30.3 Å². The Morgan fingerprint density at radius 3 is 2.44 bits per heavy atom. The number of anilines is 3. The molecule has 0 unspecified atom stereocenters. The first kappa shape index (κ1) is 23.0. The number of imide groups is 1. The molecule has 0 saturated carbocycles. The molecule has 2 heterocycles. The average molecular weight is 483 g/mol. The van der Waals surface area contributed by atoms with E-state index < -0.39 is 30.3 Å². The lowest BCUT2D eigenvalue weighted by Gasteiger charge is -2.28. The maximum absolute atomic E-state index is 13.1. The lowest BCUT2D eigenvalue weighted by molar-refractivity contribution is -0.124. The lowest BCUT2D eigenvalue weighted by Crippen LogP contribution is -2.44. The Morgan fingerprint density at radius 1 is 0.889 bits per heavy atom. The number of hydrogen-bond donors (Lipinski definition) is 1. The van der Waals surface area contributed by atoms with Crippen LogP contribution in [0.4, 0.5) is 17.1 Å². The molecule has 0 aliphatic carbocycles. The highest BCUT2D eigenvalue weighted by Crippen LogP contribution is 2.32. The Labute approximate surface area is 206 Å². The molecular formula is C27H21N3O6. The number of fused-ring (bicyclic) bond motifs is 2. The minimum absolute atomic E-state index is 0.0299. The molecule has 0 saturated heterocycles. The predicted molar refractivity (Wildman–Crippen MR) is 131 cm³/mol. The van der Waals surface area contributed by atoms with Gasteiger partial charge in [-0.2, -0.15) is 0 Å². The number of benzene rings is 3. The van der Waals surface area contributed by atoms with E-state index in [2.05, 4.69) is 5.32 Å². The largest absolute Gasteiger partial charge is 0.452 e. The van der Waals surface area contributed by atoms with E-state index in [-0.39, 0.29) is 29.1 Å². The maximum Gasteiger partial charge on any atom is 0.338 e.